The molecular formula is C4H3BrS3. The van der Waals surface area contributed by atoms with Crippen LogP contribution in [0.4, 0.5) is 0 Å². The van der Waals surface area contributed by atoms with Crippen LogP contribution in [0.25, 0.3) is 0 Å². The molecule has 0 N–H and O–H groups in total. The molecule has 0 aromatic carbocycles. The Kier molecular flexibility index (Phi) is 2.75. The average molecular weight is 227 g/mol. The average Bonchev–Trinajstić information content (AvgIpc) is 2.14. The molecule has 0 atom stereocenters. The second-order valence-corrected chi connectivity index (χ2v) is 5.04. The lowest BCUT2D eigenvalue weighted by molar-refractivity contribution is 1.76. The topological polar surface area (TPSA) is 0 Å². The van der Waals surface area contributed by atoms with Gasteiger partial charge in [-0.3, -0.25) is 0 Å². The predicted octanol–water partition coefficient (Wildman–Crippen LogP) is 3.45. The Labute approximate surface area is 69.6 Å². The zero-order valence-corrected chi connectivity index (χ0v) is 7.91. The Balaban J connectivity index is 2.84. The van der Waals surface area contributed by atoms with Gasteiger partial charge in [0.15, 0.2) is 0 Å². The maximum absolute atomic E-state index is 4.03. The van der Waals surface area contributed by atoms with Crippen LogP contribution in [-0.2, 0) is 0 Å². The van der Waals surface area contributed by atoms with E-state index in [4.69, 9.17) is 0 Å². The number of hydrogen-bond donors (Lipinski definition) is 1. The van der Waals surface area contributed by atoms with E-state index in [0.717, 1.165) is 3.79 Å². The first-order valence-electron chi connectivity index (χ1n) is 1.89. The number of thiol groups is 1. The molecule has 0 spiro atoms. The molecule has 0 saturated carbocycles. The third kappa shape index (κ3) is 1.69. The van der Waals surface area contributed by atoms with E-state index < -0.39 is 0 Å². The van der Waals surface area contributed by atoms with Crippen molar-refractivity contribution in [2.75, 3.05) is 0 Å². The molecule has 0 amide bonds. The summed E-state index contributed by atoms with van der Waals surface area (Å²) in [6.07, 6.45) is 0. The lowest BCUT2D eigenvalue weighted by Crippen LogP contribution is -1.39. The van der Waals surface area contributed by atoms with Crippen molar-refractivity contribution < 1.29 is 0 Å². The summed E-state index contributed by atoms with van der Waals surface area (Å²) in [4.78, 5) is 0. The van der Waals surface area contributed by atoms with E-state index in [1.165, 1.54) is 15.0 Å². The molecule has 0 saturated heterocycles. The van der Waals surface area contributed by atoms with Gasteiger partial charge in [-0.1, -0.05) is 10.8 Å². The Morgan fingerprint density at radius 1 is 1.62 bits per heavy atom. The summed E-state index contributed by atoms with van der Waals surface area (Å²) in [5.74, 6) is 0. The molecule has 8 heavy (non-hydrogen) atoms. The van der Waals surface area contributed by atoms with Gasteiger partial charge in [-0.05, 0) is 28.1 Å². The van der Waals surface area contributed by atoms with Gasteiger partial charge in [-0.15, -0.1) is 23.0 Å². The summed E-state index contributed by atoms with van der Waals surface area (Å²) in [5.41, 5.74) is 0. The molecule has 0 fully saturated rings. The highest BCUT2D eigenvalue weighted by Crippen LogP contribution is 2.31. The van der Waals surface area contributed by atoms with Gasteiger partial charge in [0.2, 0.25) is 0 Å². The van der Waals surface area contributed by atoms with Crippen molar-refractivity contribution in [2.45, 2.75) is 4.21 Å². The molecule has 0 aliphatic heterocycles. The van der Waals surface area contributed by atoms with Crippen molar-refractivity contribution in [3.63, 3.8) is 0 Å². The van der Waals surface area contributed by atoms with E-state index >= 15 is 0 Å². The fraction of sp³-hybridized carbons (Fsp3) is 0. The van der Waals surface area contributed by atoms with E-state index in [2.05, 4.69) is 27.6 Å². The number of hydrogen-bond acceptors (Lipinski definition) is 3. The Morgan fingerprint density at radius 3 is 2.62 bits per heavy atom. The quantitative estimate of drug-likeness (QED) is 0.566. The van der Waals surface area contributed by atoms with Crippen LogP contribution in [0.2, 0.25) is 0 Å². The molecule has 0 unspecified atom stereocenters. The van der Waals surface area contributed by atoms with Crippen LogP contribution < -0.4 is 0 Å². The summed E-state index contributed by atoms with van der Waals surface area (Å²) >= 11 is 9.06. The lowest BCUT2D eigenvalue weighted by Gasteiger charge is -1.78. The molecule has 1 heterocycles. The third-order valence-corrected chi connectivity index (χ3v) is 3.83. The Bertz CT molecular complexity index is 172. The SMILES string of the molecule is SSc1ccc(Br)s1. The molecule has 0 aliphatic carbocycles. The molecule has 0 radical (unpaired) electrons. The van der Waals surface area contributed by atoms with Gasteiger partial charge < -0.3 is 0 Å². The van der Waals surface area contributed by atoms with E-state index in [0.29, 0.717) is 0 Å². The zero-order chi connectivity index (χ0) is 5.98. The fourth-order valence-electron chi connectivity index (χ4n) is 0.347. The minimum Gasteiger partial charge on any atom is -0.121 e. The minimum atomic E-state index is 1.16. The predicted molar refractivity (Wildman–Crippen MR) is 46.9 cm³/mol. The first-order chi connectivity index (χ1) is 3.83. The van der Waals surface area contributed by atoms with Crippen LogP contribution in [0.1, 0.15) is 0 Å². The van der Waals surface area contributed by atoms with Crippen LogP contribution >= 0.6 is 49.7 Å². The molecular weight excluding hydrogens is 224 g/mol. The Hall–Kier alpha value is 0.880. The van der Waals surface area contributed by atoms with E-state index in [1.807, 2.05) is 12.1 Å². The van der Waals surface area contributed by atoms with Crippen LogP contribution in [0, 0.1) is 0 Å². The fourth-order valence-corrected chi connectivity index (χ4v) is 2.85. The maximum Gasteiger partial charge on any atom is 0.0715 e. The van der Waals surface area contributed by atoms with Gasteiger partial charge in [-0.2, -0.15) is 0 Å². The molecule has 44 valence electrons. The van der Waals surface area contributed by atoms with Crippen molar-refractivity contribution in [1.29, 1.82) is 0 Å². The summed E-state index contributed by atoms with van der Waals surface area (Å²) < 4.78 is 2.38. The van der Waals surface area contributed by atoms with E-state index in [9.17, 15) is 0 Å². The molecule has 0 bridgehead atoms. The molecule has 1 aromatic rings. The highest BCUT2D eigenvalue weighted by molar-refractivity contribution is 9.11. The van der Waals surface area contributed by atoms with E-state index in [1.54, 1.807) is 11.3 Å². The molecule has 0 aliphatic rings. The van der Waals surface area contributed by atoms with Gasteiger partial charge in [0.1, 0.15) is 0 Å². The first kappa shape index (κ1) is 6.99. The summed E-state index contributed by atoms with van der Waals surface area (Å²) in [5, 5.41) is 0. The summed E-state index contributed by atoms with van der Waals surface area (Å²) in [7, 11) is 1.47. The lowest BCUT2D eigenvalue weighted by atomic mass is 10.7. The van der Waals surface area contributed by atoms with Crippen molar-refractivity contribution >= 4 is 49.7 Å². The van der Waals surface area contributed by atoms with Crippen LogP contribution in [0.3, 0.4) is 0 Å². The first-order valence-corrected chi connectivity index (χ1v) is 5.37. The normalized spacial score (nSPS) is 9.75. The number of halogens is 1. The summed E-state index contributed by atoms with van der Waals surface area (Å²) in [6, 6.07) is 4.05. The highest BCUT2D eigenvalue weighted by Gasteiger charge is 1.92. The molecule has 0 nitrogen and oxygen atoms in total. The van der Waals surface area contributed by atoms with Gasteiger partial charge in [0.25, 0.3) is 0 Å². The molecule has 4 heteroatoms. The van der Waals surface area contributed by atoms with Crippen LogP contribution in [0.15, 0.2) is 20.1 Å². The summed E-state index contributed by atoms with van der Waals surface area (Å²) in [6.45, 7) is 0. The number of rotatable bonds is 1. The standard InChI is InChI=1S/C4H3BrS3/c5-3-1-2-4(7-3)8-6/h1-2,6H. The van der Waals surface area contributed by atoms with Crippen LogP contribution in [-0.4, -0.2) is 0 Å². The molecule has 1 aromatic heterocycles. The second-order valence-electron chi connectivity index (χ2n) is 1.15. The van der Waals surface area contributed by atoms with Crippen LogP contribution in [0.5, 0.6) is 0 Å². The number of thiophene rings is 1. The maximum atomic E-state index is 4.03. The smallest absolute Gasteiger partial charge is 0.0715 e. The Morgan fingerprint density at radius 2 is 2.38 bits per heavy atom. The second kappa shape index (κ2) is 3.15. The monoisotopic (exact) mass is 226 g/mol. The molecule has 1 rings (SSSR count). The van der Waals surface area contributed by atoms with Crippen molar-refractivity contribution in [3.8, 4) is 0 Å². The van der Waals surface area contributed by atoms with Crippen molar-refractivity contribution in [1.82, 2.24) is 0 Å². The van der Waals surface area contributed by atoms with Crippen molar-refractivity contribution in [3.05, 3.63) is 15.9 Å². The third-order valence-electron chi connectivity index (χ3n) is 0.639. The van der Waals surface area contributed by atoms with Crippen molar-refractivity contribution in [2.24, 2.45) is 0 Å². The zero-order valence-electron chi connectivity index (χ0n) is 3.80. The van der Waals surface area contributed by atoms with Gasteiger partial charge in [-0.25, -0.2) is 0 Å². The van der Waals surface area contributed by atoms with Gasteiger partial charge in [0.05, 0.1) is 8.00 Å². The highest BCUT2D eigenvalue weighted by atomic mass is 79.9. The minimum absolute atomic E-state index is 1.16. The van der Waals surface area contributed by atoms with E-state index in [-0.39, 0.29) is 0 Å². The van der Waals surface area contributed by atoms with Gasteiger partial charge >= 0.3 is 0 Å². The largest absolute Gasteiger partial charge is 0.121 e. The van der Waals surface area contributed by atoms with Gasteiger partial charge in [0, 0.05) is 0 Å².